The summed E-state index contributed by atoms with van der Waals surface area (Å²) >= 11 is 3.45. The van der Waals surface area contributed by atoms with Gasteiger partial charge in [-0.1, -0.05) is 6.07 Å². The van der Waals surface area contributed by atoms with Crippen molar-refractivity contribution in [2.75, 3.05) is 18.5 Å². The maximum atomic E-state index is 8.76. The number of fused-ring (bicyclic) bond motifs is 1. The van der Waals surface area contributed by atoms with Gasteiger partial charge in [0.2, 0.25) is 0 Å². The van der Waals surface area contributed by atoms with Crippen LogP contribution in [0.5, 0.6) is 5.75 Å². The number of aliphatic hydroxyl groups excluding tert-OH is 1. The zero-order valence-corrected chi connectivity index (χ0v) is 9.96. The highest BCUT2D eigenvalue weighted by atomic mass is 79.9. The molecule has 0 aliphatic carbocycles. The molecular formula is C11H14BrNO2. The third kappa shape index (κ3) is 2.44. The van der Waals surface area contributed by atoms with Gasteiger partial charge in [-0.05, 0) is 40.9 Å². The lowest BCUT2D eigenvalue weighted by atomic mass is 10.1. The first-order valence-electron chi connectivity index (χ1n) is 5.10. The number of hydrogen-bond acceptors (Lipinski definition) is 3. The van der Waals surface area contributed by atoms with E-state index < -0.39 is 0 Å². The molecule has 2 N–H and O–H groups in total. The van der Waals surface area contributed by atoms with Gasteiger partial charge in [0.15, 0.2) is 5.75 Å². The average molecular weight is 272 g/mol. The molecule has 0 saturated heterocycles. The van der Waals surface area contributed by atoms with Crippen LogP contribution in [0.3, 0.4) is 0 Å². The van der Waals surface area contributed by atoms with E-state index in [0.717, 1.165) is 28.8 Å². The highest BCUT2D eigenvalue weighted by molar-refractivity contribution is 9.10. The number of para-hydroxylation sites is 1. The molecule has 1 atom stereocenters. The highest BCUT2D eigenvalue weighted by Crippen LogP contribution is 2.36. The number of halogens is 1. The third-order valence-electron chi connectivity index (χ3n) is 2.47. The van der Waals surface area contributed by atoms with Crippen LogP contribution in [-0.4, -0.2) is 24.4 Å². The summed E-state index contributed by atoms with van der Waals surface area (Å²) in [5.41, 5.74) is 1.03. The van der Waals surface area contributed by atoms with Gasteiger partial charge in [0.1, 0.15) is 6.61 Å². The molecule has 82 valence electrons. The smallest absolute Gasteiger partial charge is 0.156 e. The van der Waals surface area contributed by atoms with Gasteiger partial charge >= 0.3 is 0 Å². The molecule has 2 rings (SSSR count). The lowest BCUT2D eigenvalue weighted by molar-refractivity contribution is 0.249. The molecule has 1 heterocycles. The molecule has 1 aliphatic rings. The van der Waals surface area contributed by atoms with Crippen molar-refractivity contribution < 1.29 is 9.84 Å². The predicted molar refractivity (Wildman–Crippen MR) is 63.4 cm³/mol. The SMILES string of the molecule is OCCCC1COc2c(Br)cccc2N1. The fourth-order valence-electron chi connectivity index (χ4n) is 1.71. The van der Waals surface area contributed by atoms with Crippen molar-refractivity contribution in [3.63, 3.8) is 0 Å². The molecule has 0 amide bonds. The summed E-state index contributed by atoms with van der Waals surface area (Å²) in [6.45, 7) is 0.902. The van der Waals surface area contributed by atoms with Crippen molar-refractivity contribution in [1.29, 1.82) is 0 Å². The van der Waals surface area contributed by atoms with Crippen molar-refractivity contribution in [3.8, 4) is 5.75 Å². The van der Waals surface area contributed by atoms with Crippen LogP contribution in [0.2, 0.25) is 0 Å². The Morgan fingerprint density at radius 3 is 3.20 bits per heavy atom. The molecule has 1 aliphatic heterocycles. The average Bonchev–Trinajstić information content (AvgIpc) is 2.26. The van der Waals surface area contributed by atoms with Gasteiger partial charge in [0, 0.05) is 6.61 Å². The van der Waals surface area contributed by atoms with Gasteiger partial charge < -0.3 is 15.2 Å². The standard InChI is InChI=1S/C11H14BrNO2/c12-9-4-1-5-10-11(9)15-7-8(13-10)3-2-6-14/h1,4-5,8,13-14H,2-3,6-7H2. The monoisotopic (exact) mass is 271 g/mol. The third-order valence-corrected chi connectivity index (χ3v) is 3.09. The molecule has 15 heavy (non-hydrogen) atoms. The minimum absolute atomic E-state index is 0.240. The van der Waals surface area contributed by atoms with Gasteiger partial charge in [0.25, 0.3) is 0 Å². The van der Waals surface area contributed by atoms with Gasteiger partial charge in [-0.2, -0.15) is 0 Å². The Morgan fingerprint density at radius 2 is 2.40 bits per heavy atom. The number of benzene rings is 1. The largest absolute Gasteiger partial charge is 0.488 e. The lowest BCUT2D eigenvalue weighted by Gasteiger charge is -2.28. The topological polar surface area (TPSA) is 41.5 Å². The van der Waals surface area contributed by atoms with Gasteiger partial charge in [-0.15, -0.1) is 0 Å². The molecule has 1 aromatic rings. The van der Waals surface area contributed by atoms with Crippen LogP contribution in [0.4, 0.5) is 5.69 Å². The molecule has 3 nitrogen and oxygen atoms in total. The second kappa shape index (κ2) is 4.86. The summed E-state index contributed by atoms with van der Waals surface area (Å²) < 4.78 is 6.65. The van der Waals surface area contributed by atoms with Crippen molar-refractivity contribution in [1.82, 2.24) is 0 Å². The Morgan fingerprint density at radius 1 is 1.53 bits per heavy atom. The fourth-order valence-corrected chi connectivity index (χ4v) is 2.19. The van der Waals surface area contributed by atoms with E-state index in [2.05, 4.69) is 21.2 Å². The van der Waals surface area contributed by atoms with Crippen LogP contribution < -0.4 is 10.1 Å². The van der Waals surface area contributed by atoms with Crippen molar-refractivity contribution in [3.05, 3.63) is 22.7 Å². The first kappa shape index (κ1) is 10.8. The van der Waals surface area contributed by atoms with E-state index in [1.54, 1.807) is 0 Å². The number of aliphatic hydroxyl groups is 1. The number of anilines is 1. The van der Waals surface area contributed by atoms with Gasteiger partial charge in [-0.25, -0.2) is 0 Å². The summed E-state index contributed by atoms with van der Waals surface area (Å²) in [5.74, 6) is 0.887. The zero-order chi connectivity index (χ0) is 10.7. The first-order valence-corrected chi connectivity index (χ1v) is 5.89. The molecule has 0 radical (unpaired) electrons. The van der Waals surface area contributed by atoms with Crippen LogP contribution in [0.25, 0.3) is 0 Å². The Hall–Kier alpha value is -0.740. The minimum Gasteiger partial charge on any atom is -0.488 e. The quantitative estimate of drug-likeness (QED) is 0.887. The molecule has 4 heteroatoms. The Labute approximate surface area is 97.6 Å². The number of nitrogens with one attached hydrogen (secondary N) is 1. The van der Waals surface area contributed by atoms with Gasteiger partial charge in [0.05, 0.1) is 16.2 Å². The molecule has 0 saturated carbocycles. The number of ether oxygens (including phenoxy) is 1. The number of hydrogen-bond donors (Lipinski definition) is 2. The van der Waals surface area contributed by atoms with Crippen molar-refractivity contribution in [2.24, 2.45) is 0 Å². The number of rotatable bonds is 3. The summed E-state index contributed by atoms with van der Waals surface area (Å²) in [6, 6.07) is 6.26. The highest BCUT2D eigenvalue weighted by Gasteiger charge is 2.19. The zero-order valence-electron chi connectivity index (χ0n) is 8.37. The maximum absolute atomic E-state index is 8.76. The van der Waals surface area contributed by atoms with Crippen molar-refractivity contribution >= 4 is 21.6 Å². The summed E-state index contributed by atoms with van der Waals surface area (Å²) in [6.07, 6.45) is 1.74. The van der Waals surface area contributed by atoms with E-state index in [1.165, 1.54) is 0 Å². The van der Waals surface area contributed by atoms with E-state index >= 15 is 0 Å². The van der Waals surface area contributed by atoms with Crippen molar-refractivity contribution in [2.45, 2.75) is 18.9 Å². The van der Waals surface area contributed by atoms with Gasteiger partial charge in [-0.3, -0.25) is 0 Å². The molecule has 0 bridgehead atoms. The summed E-state index contributed by atoms with van der Waals surface area (Å²) in [5, 5.41) is 12.2. The second-order valence-corrected chi connectivity index (χ2v) is 4.49. The first-order chi connectivity index (χ1) is 7.31. The van der Waals surface area contributed by atoms with Crippen LogP contribution in [0.1, 0.15) is 12.8 Å². The van der Waals surface area contributed by atoms with Crippen LogP contribution >= 0.6 is 15.9 Å². The van der Waals surface area contributed by atoms with Crippen LogP contribution in [0, 0.1) is 0 Å². The second-order valence-electron chi connectivity index (χ2n) is 3.63. The fraction of sp³-hybridized carbons (Fsp3) is 0.455. The molecule has 1 unspecified atom stereocenters. The van der Waals surface area contributed by atoms with E-state index in [4.69, 9.17) is 9.84 Å². The van der Waals surface area contributed by atoms with E-state index in [1.807, 2.05) is 18.2 Å². The minimum atomic E-state index is 0.240. The Balaban J connectivity index is 2.07. The predicted octanol–water partition coefficient (Wildman–Crippen LogP) is 2.39. The van der Waals surface area contributed by atoms with E-state index in [-0.39, 0.29) is 6.61 Å². The van der Waals surface area contributed by atoms with Crippen LogP contribution in [-0.2, 0) is 0 Å². The lowest BCUT2D eigenvalue weighted by Crippen LogP contribution is -2.31. The molecule has 0 spiro atoms. The van der Waals surface area contributed by atoms with Crippen LogP contribution in [0.15, 0.2) is 22.7 Å². The Kier molecular flexibility index (Phi) is 3.49. The molecule has 0 fully saturated rings. The van der Waals surface area contributed by atoms with E-state index in [9.17, 15) is 0 Å². The summed E-state index contributed by atoms with van der Waals surface area (Å²) in [4.78, 5) is 0. The molecule has 1 aromatic carbocycles. The normalized spacial score (nSPS) is 18.9. The summed E-state index contributed by atoms with van der Waals surface area (Å²) in [7, 11) is 0. The maximum Gasteiger partial charge on any atom is 0.156 e. The Bertz CT molecular complexity index is 343. The molecular weight excluding hydrogens is 258 g/mol. The molecule has 0 aromatic heterocycles. The van der Waals surface area contributed by atoms with E-state index in [0.29, 0.717) is 12.6 Å².